The van der Waals surface area contributed by atoms with Crippen LogP contribution in [0, 0.1) is 0 Å². The van der Waals surface area contributed by atoms with Crippen molar-refractivity contribution in [1.82, 2.24) is 19.6 Å². The maximum absolute atomic E-state index is 8.66. The Morgan fingerprint density at radius 1 is 1.53 bits per heavy atom. The minimum atomic E-state index is 0.145. The van der Waals surface area contributed by atoms with Crippen molar-refractivity contribution in [2.75, 3.05) is 18.5 Å². The van der Waals surface area contributed by atoms with E-state index in [0.29, 0.717) is 23.9 Å². The summed E-state index contributed by atoms with van der Waals surface area (Å²) in [5, 5.41) is 16.1. The van der Waals surface area contributed by atoms with E-state index in [1.54, 1.807) is 10.6 Å². The standard InChI is InChI=1S/C8H10ClN5O/c9-6-4-7(10-2-1-3-15)14-8(13-6)11-5-12-14/h4-5,10,15H,1-3H2. The second-order valence-corrected chi connectivity index (χ2v) is 3.33. The van der Waals surface area contributed by atoms with Crippen molar-refractivity contribution < 1.29 is 5.11 Å². The van der Waals surface area contributed by atoms with E-state index in [1.165, 1.54) is 6.33 Å². The second-order valence-electron chi connectivity index (χ2n) is 2.94. The molecular weight excluding hydrogens is 218 g/mol. The van der Waals surface area contributed by atoms with Crippen LogP contribution in [0.3, 0.4) is 0 Å². The Balaban J connectivity index is 2.27. The SMILES string of the molecule is OCCCNc1cc(Cl)nc2ncnn12. The molecule has 2 heterocycles. The molecule has 0 aliphatic heterocycles. The molecule has 0 bridgehead atoms. The quantitative estimate of drug-likeness (QED) is 0.590. The minimum absolute atomic E-state index is 0.145. The molecule has 15 heavy (non-hydrogen) atoms. The van der Waals surface area contributed by atoms with E-state index in [0.717, 1.165) is 5.82 Å². The van der Waals surface area contributed by atoms with Gasteiger partial charge in [-0.25, -0.2) is 0 Å². The summed E-state index contributed by atoms with van der Waals surface area (Å²) in [5.74, 6) is 1.17. The number of aliphatic hydroxyl groups excluding tert-OH is 1. The van der Waals surface area contributed by atoms with Gasteiger partial charge in [-0.05, 0) is 6.42 Å². The van der Waals surface area contributed by atoms with E-state index in [4.69, 9.17) is 16.7 Å². The number of rotatable bonds is 4. The largest absolute Gasteiger partial charge is 0.396 e. The Labute approximate surface area is 90.9 Å². The molecule has 6 nitrogen and oxygen atoms in total. The highest BCUT2D eigenvalue weighted by atomic mass is 35.5. The molecule has 0 unspecified atom stereocenters. The van der Waals surface area contributed by atoms with Gasteiger partial charge in [-0.2, -0.15) is 19.6 Å². The van der Waals surface area contributed by atoms with Gasteiger partial charge in [0.15, 0.2) is 0 Å². The van der Waals surface area contributed by atoms with E-state index in [9.17, 15) is 0 Å². The number of nitrogens with one attached hydrogen (secondary N) is 1. The van der Waals surface area contributed by atoms with Crippen LogP contribution < -0.4 is 5.32 Å². The molecule has 0 spiro atoms. The first-order valence-corrected chi connectivity index (χ1v) is 4.90. The lowest BCUT2D eigenvalue weighted by Gasteiger charge is -2.06. The molecule has 2 rings (SSSR count). The Bertz CT molecular complexity index is 457. The maximum Gasteiger partial charge on any atom is 0.255 e. The van der Waals surface area contributed by atoms with Crippen molar-refractivity contribution in [3.05, 3.63) is 17.5 Å². The van der Waals surface area contributed by atoms with Crippen molar-refractivity contribution in [2.24, 2.45) is 0 Å². The number of halogens is 1. The molecule has 0 aliphatic carbocycles. The first kappa shape index (κ1) is 10.1. The first-order chi connectivity index (χ1) is 7.31. The summed E-state index contributed by atoms with van der Waals surface area (Å²) in [6.45, 7) is 0.790. The summed E-state index contributed by atoms with van der Waals surface area (Å²) >= 11 is 5.81. The van der Waals surface area contributed by atoms with Gasteiger partial charge in [-0.1, -0.05) is 11.6 Å². The Hall–Kier alpha value is -1.40. The molecule has 2 aromatic heterocycles. The lowest BCUT2D eigenvalue weighted by atomic mass is 10.4. The number of hydrogen-bond donors (Lipinski definition) is 2. The summed E-state index contributed by atoms with van der Waals surface area (Å²) in [6.07, 6.45) is 2.08. The molecule has 0 saturated carbocycles. The van der Waals surface area contributed by atoms with Gasteiger partial charge in [0.05, 0.1) is 0 Å². The van der Waals surface area contributed by atoms with Gasteiger partial charge in [0.1, 0.15) is 17.3 Å². The van der Waals surface area contributed by atoms with Gasteiger partial charge in [-0.3, -0.25) is 0 Å². The summed E-state index contributed by atoms with van der Waals surface area (Å²) in [7, 11) is 0. The lowest BCUT2D eigenvalue weighted by molar-refractivity contribution is 0.292. The van der Waals surface area contributed by atoms with Crippen LogP contribution in [0.5, 0.6) is 0 Å². The predicted octanol–water partition coefficient (Wildman–Crippen LogP) is 0.572. The van der Waals surface area contributed by atoms with Crippen LogP contribution in [-0.4, -0.2) is 37.8 Å². The third-order valence-electron chi connectivity index (χ3n) is 1.86. The molecule has 0 atom stereocenters. The number of hydrogen-bond acceptors (Lipinski definition) is 5. The molecule has 0 radical (unpaired) electrons. The van der Waals surface area contributed by atoms with Gasteiger partial charge in [-0.15, -0.1) is 0 Å². The highest BCUT2D eigenvalue weighted by Crippen LogP contribution is 2.13. The highest BCUT2D eigenvalue weighted by Gasteiger charge is 2.05. The zero-order chi connectivity index (χ0) is 10.7. The average Bonchev–Trinajstić information content (AvgIpc) is 2.65. The first-order valence-electron chi connectivity index (χ1n) is 4.52. The minimum Gasteiger partial charge on any atom is -0.396 e. The monoisotopic (exact) mass is 227 g/mol. The van der Waals surface area contributed by atoms with Crippen LogP contribution in [0.1, 0.15) is 6.42 Å². The summed E-state index contributed by atoms with van der Waals surface area (Å²) < 4.78 is 1.56. The van der Waals surface area contributed by atoms with Crippen LogP contribution in [0.25, 0.3) is 5.78 Å². The highest BCUT2D eigenvalue weighted by molar-refractivity contribution is 6.29. The van der Waals surface area contributed by atoms with Gasteiger partial charge in [0.25, 0.3) is 5.78 Å². The fraction of sp³-hybridized carbons (Fsp3) is 0.375. The second kappa shape index (κ2) is 4.41. The van der Waals surface area contributed by atoms with E-state index in [1.807, 2.05) is 0 Å². The van der Waals surface area contributed by atoms with E-state index < -0.39 is 0 Å². The van der Waals surface area contributed by atoms with Crippen molar-refractivity contribution in [2.45, 2.75) is 6.42 Å². The number of nitrogens with zero attached hydrogens (tertiary/aromatic N) is 4. The molecule has 2 N–H and O–H groups in total. The Morgan fingerprint density at radius 2 is 2.40 bits per heavy atom. The topological polar surface area (TPSA) is 75.3 Å². The molecule has 0 saturated heterocycles. The smallest absolute Gasteiger partial charge is 0.255 e. The zero-order valence-corrected chi connectivity index (χ0v) is 8.65. The molecule has 0 aliphatic rings. The zero-order valence-electron chi connectivity index (χ0n) is 7.89. The molecule has 7 heteroatoms. The summed E-state index contributed by atoms with van der Waals surface area (Å²) in [5.41, 5.74) is 0. The Morgan fingerprint density at radius 3 is 3.20 bits per heavy atom. The van der Waals surface area contributed by atoms with Crippen molar-refractivity contribution >= 4 is 23.2 Å². The van der Waals surface area contributed by atoms with Gasteiger partial charge < -0.3 is 10.4 Å². The molecular formula is C8H10ClN5O. The van der Waals surface area contributed by atoms with Gasteiger partial charge in [0, 0.05) is 19.2 Å². The molecule has 0 amide bonds. The maximum atomic E-state index is 8.66. The van der Waals surface area contributed by atoms with Crippen LogP contribution in [-0.2, 0) is 0 Å². The van der Waals surface area contributed by atoms with E-state index >= 15 is 0 Å². The van der Waals surface area contributed by atoms with Crippen LogP contribution >= 0.6 is 11.6 Å². The number of aromatic nitrogens is 4. The molecule has 2 aromatic rings. The molecule has 80 valence electrons. The van der Waals surface area contributed by atoms with Gasteiger partial charge in [0.2, 0.25) is 0 Å². The summed E-state index contributed by atoms with van der Waals surface area (Å²) in [4.78, 5) is 7.93. The predicted molar refractivity (Wildman–Crippen MR) is 56.0 cm³/mol. The number of anilines is 1. The van der Waals surface area contributed by atoms with Crippen molar-refractivity contribution in [3.63, 3.8) is 0 Å². The van der Waals surface area contributed by atoms with Crippen LogP contribution in [0.4, 0.5) is 5.82 Å². The average molecular weight is 228 g/mol. The van der Waals surface area contributed by atoms with E-state index in [-0.39, 0.29) is 6.61 Å². The molecule has 0 aromatic carbocycles. The van der Waals surface area contributed by atoms with E-state index in [2.05, 4.69) is 20.4 Å². The van der Waals surface area contributed by atoms with Crippen molar-refractivity contribution in [3.8, 4) is 0 Å². The van der Waals surface area contributed by atoms with Gasteiger partial charge >= 0.3 is 0 Å². The fourth-order valence-electron chi connectivity index (χ4n) is 1.20. The van der Waals surface area contributed by atoms with Crippen LogP contribution in [0.15, 0.2) is 12.4 Å². The number of fused-ring (bicyclic) bond motifs is 1. The fourth-order valence-corrected chi connectivity index (χ4v) is 1.38. The lowest BCUT2D eigenvalue weighted by Crippen LogP contribution is -2.08. The normalized spacial score (nSPS) is 10.8. The number of aliphatic hydroxyl groups is 1. The molecule has 0 fully saturated rings. The Kier molecular flexibility index (Phi) is 2.98. The summed E-state index contributed by atoms with van der Waals surface area (Å²) in [6, 6.07) is 1.67. The third-order valence-corrected chi connectivity index (χ3v) is 2.06. The van der Waals surface area contributed by atoms with Crippen molar-refractivity contribution in [1.29, 1.82) is 0 Å². The van der Waals surface area contributed by atoms with Crippen LogP contribution in [0.2, 0.25) is 5.15 Å². The third kappa shape index (κ3) is 2.16.